The van der Waals surface area contributed by atoms with E-state index in [1.165, 1.54) is 11.3 Å². The molecule has 0 unspecified atom stereocenters. The Balaban J connectivity index is 1.57. The lowest BCUT2D eigenvalue weighted by molar-refractivity contribution is 0.243. The minimum atomic E-state index is -0.581. The molecular formula is C25H22ClN5O2S. The number of thiazole rings is 1. The molecule has 4 amide bonds. The average Bonchev–Trinajstić information content (AvgIpc) is 3.31. The number of aromatic nitrogens is 1. The third kappa shape index (κ3) is 5.92. The first-order valence-corrected chi connectivity index (χ1v) is 11.7. The summed E-state index contributed by atoms with van der Waals surface area (Å²) in [6, 6.07) is 20.8. The molecule has 0 aliphatic carbocycles. The summed E-state index contributed by atoms with van der Waals surface area (Å²) in [5.74, 6) is 0. The molecule has 0 atom stereocenters. The van der Waals surface area contributed by atoms with Gasteiger partial charge in [-0.05, 0) is 50.2 Å². The Morgan fingerprint density at radius 3 is 2.03 bits per heavy atom. The Bertz CT molecular complexity index is 1290. The van der Waals surface area contributed by atoms with Gasteiger partial charge in [0.05, 0.1) is 5.69 Å². The van der Waals surface area contributed by atoms with Gasteiger partial charge in [0.1, 0.15) is 0 Å². The largest absolute Gasteiger partial charge is 0.347 e. The summed E-state index contributed by atoms with van der Waals surface area (Å²) in [6.07, 6.45) is 0. The Hall–Kier alpha value is -3.88. The maximum absolute atomic E-state index is 13.1. The topological polar surface area (TPSA) is 86.4 Å². The summed E-state index contributed by atoms with van der Waals surface area (Å²) in [5, 5.41) is 9.26. The highest BCUT2D eigenvalue weighted by Crippen LogP contribution is 2.27. The molecular weight excluding hydrogens is 470 g/mol. The second-order valence-electron chi connectivity index (χ2n) is 7.59. The van der Waals surface area contributed by atoms with Crippen LogP contribution in [-0.2, 0) is 0 Å². The van der Waals surface area contributed by atoms with Crippen LogP contribution in [0.3, 0.4) is 0 Å². The Labute approximate surface area is 206 Å². The van der Waals surface area contributed by atoms with Crippen molar-refractivity contribution in [2.24, 2.45) is 0 Å². The molecule has 3 aromatic carbocycles. The van der Waals surface area contributed by atoms with Crippen molar-refractivity contribution >= 4 is 51.5 Å². The summed E-state index contributed by atoms with van der Waals surface area (Å²) in [7, 11) is 0. The lowest BCUT2D eigenvalue weighted by Crippen LogP contribution is -2.50. The van der Waals surface area contributed by atoms with E-state index >= 15 is 0 Å². The zero-order valence-corrected chi connectivity index (χ0v) is 20.1. The van der Waals surface area contributed by atoms with Crippen molar-refractivity contribution in [3.05, 3.63) is 94.3 Å². The van der Waals surface area contributed by atoms with Gasteiger partial charge in [0.15, 0.2) is 0 Å². The minimum absolute atomic E-state index is 0.307. The first-order valence-electron chi connectivity index (χ1n) is 10.4. The molecule has 0 saturated carbocycles. The number of rotatable bonds is 4. The monoisotopic (exact) mass is 491 g/mol. The number of anilines is 3. The summed E-state index contributed by atoms with van der Waals surface area (Å²) in [6.45, 7) is 3.97. The van der Waals surface area contributed by atoms with Crippen LogP contribution in [0.15, 0.2) is 78.2 Å². The van der Waals surface area contributed by atoms with E-state index in [0.717, 1.165) is 21.7 Å². The highest BCUT2D eigenvalue weighted by Gasteiger charge is 2.22. The van der Waals surface area contributed by atoms with E-state index in [1.807, 2.05) is 55.6 Å². The van der Waals surface area contributed by atoms with E-state index in [0.29, 0.717) is 27.2 Å². The van der Waals surface area contributed by atoms with Gasteiger partial charge in [-0.1, -0.05) is 59.1 Å². The molecule has 0 saturated heterocycles. The van der Waals surface area contributed by atoms with Crippen molar-refractivity contribution in [1.82, 2.24) is 10.4 Å². The Morgan fingerprint density at radius 1 is 0.824 bits per heavy atom. The predicted octanol–water partition coefficient (Wildman–Crippen LogP) is 6.86. The number of aryl methyl sites for hydroxylation is 2. The van der Waals surface area contributed by atoms with Gasteiger partial charge >= 0.3 is 12.1 Å². The third-order valence-corrected chi connectivity index (χ3v) is 5.93. The Morgan fingerprint density at radius 2 is 1.38 bits per heavy atom. The van der Waals surface area contributed by atoms with Gasteiger partial charge in [-0.15, -0.1) is 11.3 Å². The summed E-state index contributed by atoms with van der Waals surface area (Å²) in [5.41, 5.74) is 7.53. The van der Waals surface area contributed by atoms with E-state index in [-0.39, 0.29) is 0 Å². The number of urea groups is 2. The fourth-order valence-corrected chi connectivity index (χ4v) is 3.94. The minimum Gasteiger partial charge on any atom is -0.307 e. The van der Waals surface area contributed by atoms with Gasteiger partial charge in [0.2, 0.25) is 5.13 Å². The van der Waals surface area contributed by atoms with Crippen molar-refractivity contribution in [3.63, 3.8) is 0 Å². The summed E-state index contributed by atoms with van der Waals surface area (Å²) < 4.78 is 0. The number of hydrogen-bond acceptors (Lipinski definition) is 4. The number of benzene rings is 3. The highest BCUT2D eigenvalue weighted by atomic mass is 35.5. The van der Waals surface area contributed by atoms with Crippen molar-refractivity contribution in [3.8, 4) is 11.3 Å². The lowest BCUT2D eigenvalue weighted by Gasteiger charge is -2.21. The van der Waals surface area contributed by atoms with E-state index in [1.54, 1.807) is 36.4 Å². The second-order valence-corrected chi connectivity index (χ2v) is 8.86. The number of hydrogen-bond donors (Lipinski definition) is 3. The van der Waals surface area contributed by atoms with Crippen molar-refractivity contribution < 1.29 is 9.59 Å². The highest BCUT2D eigenvalue weighted by molar-refractivity contribution is 7.14. The van der Waals surface area contributed by atoms with E-state index in [9.17, 15) is 9.59 Å². The molecule has 34 heavy (non-hydrogen) atoms. The molecule has 0 bridgehead atoms. The van der Waals surface area contributed by atoms with Crippen LogP contribution in [-0.4, -0.2) is 17.0 Å². The number of nitrogens with one attached hydrogen (secondary N) is 3. The standard InChI is InChI=1S/C25H22ClN5O2S/c1-16-3-7-18(8-4-16)22-15-34-25(29-22)31(24(33)28-21-13-9-19(26)10-14-21)30-23(32)27-20-11-5-17(2)6-12-20/h3-15H,1-2H3,(H,28,33)(H2,27,30,32). The van der Waals surface area contributed by atoms with Gasteiger partial charge in [-0.3, -0.25) is 0 Å². The molecule has 0 fully saturated rings. The number of carbonyl (C=O) groups excluding carboxylic acids is 2. The van der Waals surface area contributed by atoms with Crippen LogP contribution < -0.4 is 21.1 Å². The van der Waals surface area contributed by atoms with E-state index < -0.39 is 12.1 Å². The molecule has 9 heteroatoms. The molecule has 4 rings (SSSR count). The number of carbonyl (C=O) groups is 2. The smallest absolute Gasteiger partial charge is 0.307 e. The van der Waals surface area contributed by atoms with Gasteiger partial charge in [-0.2, -0.15) is 5.01 Å². The van der Waals surface area contributed by atoms with Gasteiger partial charge < -0.3 is 10.6 Å². The SMILES string of the molecule is Cc1ccc(NC(=O)NN(C(=O)Nc2ccc(Cl)cc2)c2nc(-c3ccc(C)cc3)cs2)cc1. The van der Waals surface area contributed by atoms with Crippen LogP contribution in [0, 0.1) is 13.8 Å². The lowest BCUT2D eigenvalue weighted by atomic mass is 10.1. The normalized spacial score (nSPS) is 10.4. The number of amides is 4. The number of hydrazine groups is 1. The first-order chi connectivity index (χ1) is 16.4. The van der Waals surface area contributed by atoms with Crippen LogP contribution in [0.25, 0.3) is 11.3 Å². The molecule has 4 aromatic rings. The molecule has 172 valence electrons. The molecule has 0 spiro atoms. The van der Waals surface area contributed by atoms with Crippen molar-refractivity contribution in [1.29, 1.82) is 0 Å². The second kappa shape index (κ2) is 10.4. The third-order valence-electron chi connectivity index (χ3n) is 4.85. The van der Waals surface area contributed by atoms with E-state index in [2.05, 4.69) is 21.0 Å². The average molecular weight is 492 g/mol. The van der Waals surface area contributed by atoms with Crippen LogP contribution in [0.1, 0.15) is 11.1 Å². The van der Waals surface area contributed by atoms with Crippen LogP contribution >= 0.6 is 22.9 Å². The van der Waals surface area contributed by atoms with Crippen molar-refractivity contribution in [2.75, 3.05) is 15.6 Å². The fourth-order valence-electron chi connectivity index (χ4n) is 3.02. The summed E-state index contributed by atoms with van der Waals surface area (Å²) >= 11 is 7.17. The zero-order chi connectivity index (χ0) is 24.1. The maximum Gasteiger partial charge on any atom is 0.347 e. The van der Waals surface area contributed by atoms with E-state index in [4.69, 9.17) is 11.6 Å². The molecule has 0 radical (unpaired) electrons. The van der Waals surface area contributed by atoms with Crippen LogP contribution in [0.2, 0.25) is 5.02 Å². The van der Waals surface area contributed by atoms with Gasteiger partial charge in [0.25, 0.3) is 0 Å². The molecule has 1 heterocycles. The van der Waals surface area contributed by atoms with Crippen LogP contribution in [0.5, 0.6) is 0 Å². The predicted molar refractivity (Wildman–Crippen MR) is 139 cm³/mol. The quantitative estimate of drug-likeness (QED) is 0.273. The number of halogens is 1. The number of nitrogens with zero attached hydrogens (tertiary/aromatic N) is 2. The molecule has 0 aliphatic heterocycles. The fraction of sp³-hybridized carbons (Fsp3) is 0.0800. The van der Waals surface area contributed by atoms with Crippen molar-refractivity contribution in [2.45, 2.75) is 13.8 Å². The first kappa shape index (κ1) is 23.3. The molecule has 3 N–H and O–H groups in total. The van der Waals surface area contributed by atoms with Gasteiger partial charge in [-0.25, -0.2) is 20.0 Å². The summed E-state index contributed by atoms with van der Waals surface area (Å²) in [4.78, 5) is 30.4. The zero-order valence-electron chi connectivity index (χ0n) is 18.5. The molecule has 1 aromatic heterocycles. The Kier molecular flexibility index (Phi) is 7.10. The van der Waals surface area contributed by atoms with Gasteiger partial charge in [0, 0.05) is 27.3 Å². The molecule has 7 nitrogen and oxygen atoms in total. The molecule has 0 aliphatic rings. The maximum atomic E-state index is 13.1. The van der Waals surface area contributed by atoms with Crippen LogP contribution in [0.4, 0.5) is 26.1 Å².